The van der Waals surface area contributed by atoms with Crippen molar-refractivity contribution in [1.29, 1.82) is 0 Å². The number of hydrogen-bond donors (Lipinski definition) is 2. The number of methoxy groups -OCH3 is 2. The largest absolute Gasteiger partial charge is 0.497 e. The highest BCUT2D eigenvalue weighted by atomic mass is 79.9. The van der Waals surface area contributed by atoms with E-state index >= 15 is 0 Å². The maximum Gasteiger partial charge on any atom is 0.255 e. The zero-order chi connectivity index (χ0) is 25.5. The normalized spacial score (nSPS) is 10.6. The molecule has 2 aromatic heterocycles. The Labute approximate surface area is 223 Å². The van der Waals surface area contributed by atoms with Gasteiger partial charge in [0.1, 0.15) is 11.5 Å². The van der Waals surface area contributed by atoms with Crippen molar-refractivity contribution in [2.75, 3.05) is 25.3 Å². The Bertz CT molecular complexity index is 1350. The molecule has 2 heterocycles. The fourth-order valence-electron chi connectivity index (χ4n) is 3.17. The zero-order valence-corrected chi connectivity index (χ0v) is 22.4. The molecule has 0 bridgehead atoms. The summed E-state index contributed by atoms with van der Waals surface area (Å²) in [5, 5.41) is 17.0. The molecule has 36 heavy (non-hydrogen) atoms. The number of nitrogens with one attached hydrogen (secondary N) is 2. The van der Waals surface area contributed by atoms with Crippen LogP contribution in [0.4, 0.5) is 5.13 Å². The second-order valence-corrected chi connectivity index (χ2v) is 9.89. The maximum absolute atomic E-state index is 12.9. The van der Waals surface area contributed by atoms with Gasteiger partial charge in [-0.15, -0.1) is 21.5 Å². The molecule has 0 unspecified atom stereocenters. The van der Waals surface area contributed by atoms with Crippen molar-refractivity contribution >= 4 is 56.0 Å². The number of thioether (sulfide) groups is 1. The number of ether oxygens (including phenoxy) is 2. The van der Waals surface area contributed by atoms with Crippen molar-refractivity contribution in [2.45, 2.75) is 11.7 Å². The predicted molar refractivity (Wildman–Crippen MR) is 141 cm³/mol. The van der Waals surface area contributed by atoms with Gasteiger partial charge in [-0.05, 0) is 36.4 Å². The Kier molecular flexibility index (Phi) is 8.57. The fraction of sp³-hybridized carbons (Fsp3) is 0.174. The lowest BCUT2D eigenvalue weighted by atomic mass is 10.1. The van der Waals surface area contributed by atoms with E-state index in [1.54, 1.807) is 41.5 Å². The molecule has 0 atom stereocenters. The number of halogens is 1. The summed E-state index contributed by atoms with van der Waals surface area (Å²) in [6.07, 6.45) is 1.62. The SMILES string of the molecule is COc1ccc(C(=O)NCc2nnc(SCC(=O)Nc3nccs3)n2-c2ccc(Br)cc2)c(OC)c1. The number of carbonyl (C=O) groups excluding carboxylic acids is 2. The molecule has 4 aromatic rings. The minimum atomic E-state index is -0.336. The van der Waals surface area contributed by atoms with E-state index in [0.717, 1.165) is 10.2 Å². The molecule has 0 aliphatic heterocycles. The lowest BCUT2D eigenvalue weighted by molar-refractivity contribution is -0.113. The molecule has 10 nitrogen and oxygen atoms in total. The van der Waals surface area contributed by atoms with Gasteiger partial charge in [-0.25, -0.2) is 4.98 Å². The van der Waals surface area contributed by atoms with Crippen LogP contribution in [0.3, 0.4) is 0 Å². The van der Waals surface area contributed by atoms with E-state index < -0.39 is 0 Å². The first-order valence-corrected chi connectivity index (χ1v) is 13.2. The van der Waals surface area contributed by atoms with Gasteiger partial charge in [0.05, 0.1) is 32.1 Å². The zero-order valence-electron chi connectivity index (χ0n) is 19.2. The second kappa shape index (κ2) is 12.0. The van der Waals surface area contributed by atoms with Crippen LogP contribution in [-0.2, 0) is 11.3 Å². The van der Waals surface area contributed by atoms with E-state index in [2.05, 4.69) is 41.7 Å². The third-order valence-electron chi connectivity index (χ3n) is 4.86. The second-order valence-electron chi connectivity index (χ2n) is 7.13. The van der Waals surface area contributed by atoms with Crippen LogP contribution in [0.25, 0.3) is 5.69 Å². The number of hydrogen-bond acceptors (Lipinski definition) is 9. The van der Waals surface area contributed by atoms with E-state index in [1.807, 2.05) is 24.3 Å². The van der Waals surface area contributed by atoms with Gasteiger partial charge in [-0.2, -0.15) is 0 Å². The average molecular weight is 589 g/mol. The van der Waals surface area contributed by atoms with Crippen LogP contribution >= 0.6 is 39.0 Å². The molecule has 0 saturated carbocycles. The quantitative estimate of drug-likeness (QED) is 0.265. The Morgan fingerprint density at radius 3 is 2.61 bits per heavy atom. The number of carbonyl (C=O) groups is 2. The Morgan fingerprint density at radius 1 is 1.11 bits per heavy atom. The number of nitrogens with zero attached hydrogens (tertiary/aromatic N) is 4. The molecule has 2 aromatic carbocycles. The van der Waals surface area contributed by atoms with Gasteiger partial charge in [0, 0.05) is 27.8 Å². The van der Waals surface area contributed by atoms with Gasteiger partial charge in [0.2, 0.25) is 5.91 Å². The summed E-state index contributed by atoms with van der Waals surface area (Å²) >= 11 is 6.02. The monoisotopic (exact) mass is 588 g/mol. The summed E-state index contributed by atoms with van der Waals surface area (Å²) in [5.41, 5.74) is 1.15. The van der Waals surface area contributed by atoms with Crippen LogP contribution in [0.1, 0.15) is 16.2 Å². The number of aromatic nitrogens is 4. The van der Waals surface area contributed by atoms with Crippen LogP contribution in [0.2, 0.25) is 0 Å². The molecule has 4 rings (SSSR count). The summed E-state index contributed by atoms with van der Waals surface area (Å²) in [5.74, 6) is 1.05. The van der Waals surface area contributed by atoms with Gasteiger partial charge < -0.3 is 20.1 Å². The summed E-state index contributed by atoms with van der Waals surface area (Å²) in [6.45, 7) is 0.100. The molecule has 0 aliphatic rings. The lowest BCUT2D eigenvalue weighted by Crippen LogP contribution is -2.25. The molecule has 0 radical (unpaired) electrons. The van der Waals surface area contributed by atoms with E-state index in [0.29, 0.717) is 33.2 Å². The number of amides is 2. The van der Waals surface area contributed by atoms with Crippen molar-refractivity contribution in [3.8, 4) is 17.2 Å². The van der Waals surface area contributed by atoms with Crippen molar-refractivity contribution in [2.24, 2.45) is 0 Å². The van der Waals surface area contributed by atoms with Gasteiger partial charge in [-0.1, -0.05) is 27.7 Å². The smallest absolute Gasteiger partial charge is 0.255 e. The molecular weight excluding hydrogens is 568 g/mol. The maximum atomic E-state index is 12.9. The van der Waals surface area contributed by atoms with Crippen LogP contribution < -0.4 is 20.1 Å². The first-order chi connectivity index (χ1) is 17.5. The molecule has 0 fully saturated rings. The van der Waals surface area contributed by atoms with E-state index in [9.17, 15) is 9.59 Å². The Balaban J connectivity index is 1.52. The Morgan fingerprint density at radius 2 is 1.92 bits per heavy atom. The third kappa shape index (κ3) is 6.22. The molecule has 13 heteroatoms. The van der Waals surface area contributed by atoms with Gasteiger partial charge >= 0.3 is 0 Å². The van der Waals surface area contributed by atoms with Crippen LogP contribution in [0.15, 0.2) is 63.7 Å². The van der Waals surface area contributed by atoms with Gasteiger partial charge in [0.15, 0.2) is 16.1 Å². The molecule has 0 spiro atoms. The van der Waals surface area contributed by atoms with Crippen LogP contribution in [0, 0.1) is 0 Å². The fourth-order valence-corrected chi connectivity index (χ4v) is 4.75. The predicted octanol–water partition coefficient (Wildman–Crippen LogP) is 4.16. The van der Waals surface area contributed by atoms with Crippen molar-refractivity contribution in [3.05, 3.63) is 69.9 Å². The Hall–Kier alpha value is -3.42. The van der Waals surface area contributed by atoms with Crippen molar-refractivity contribution in [3.63, 3.8) is 0 Å². The molecule has 186 valence electrons. The number of rotatable bonds is 10. The van der Waals surface area contributed by atoms with Crippen molar-refractivity contribution < 1.29 is 19.1 Å². The molecule has 0 saturated heterocycles. The van der Waals surface area contributed by atoms with Crippen molar-refractivity contribution in [1.82, 2.24) is 25.1 Å². The van der Waals surface area contributed by atoms with E-state index in [1.165, 1.54) is 30.2 Å². The highest BCUT2D eigenvalue weighted by molar-refractivity contribution is 9.10. The van der Waals surface area contributed by atoms with Crippen LogP contribution in [-0.4, -0.2) is 51.5 Å². The molecule has 2 amide bonds. The topological polar surface area (TPSA) is 120 Å². The summed E-state index contributed by atoms with van der Waals surface area (Å²) < 4.78 is 13.3. The first kappa shape index (κ1) is 25.7. The number of thiazole rings is 1. The highest BCUT2D eigenvalue weighted by Crippen LogP contribution is 2.26. The summed E-state index contributed by atoms with van der Waals surface area (Å²) in [7, 11) is 3.03. The van der Waals surface area contributed by atoms with E-state index in [4.69, 9.17) is 9.47 Å². The molecule has 0 aliphatic carbocycles. The molecule has 2 N–H and O–H groups in total. The van der Waals surface area contributed by atoms with E-state index in [-0.39, 0.29) is 24.1 Å². The minimum absolute atomic E-state index is 0.100. The number of anilines is 1. The van der Waals surface area contributed by atoms with Gasteiger partial charge in [-0.3, -0.25) is 14.2 Å². The lowest BCUT2D eigenvalue weighted by Gasteiger charge is -2.13. The standard InChI is InChI=1S/C23H21BrN6O4S2/c1-33-16-7-8-17(18(11-16)34-2)21(32)26-12-19-28-29-23(30(19)15-5-3-14(24)4-6-15)36-13-20(31)27-22-25-9-10-35-22/h3-11H,12-13H2,1-2H3,(H,26,32)(H,25,27,31). The molecular formula is C23H21BrN6O4S2. The number of benzene rings is 2. The third-order valence-corrected chi connectivity index (χ3v) is 7.00. The average Bonchev–Trinajstić information content (AvgIpc) is 3.56. The minimum Gasteiger partial charge on any atom is -0.497 e. The summed E-state index contributed by atoms with van der Waals surface area (Å²) in [6, 6.07) is 12.5. The highest BCUT2D eigenvalue weighted by Gasteiger charge is 2.19. The van der Waals surface area contributed by atoms with Gasteiger partial charge in [0.25, 0.3) is 5.91 Å². The van der Waals surface area contributed by atoms with Crippen LogP contribution in [0.5, 0.6) is 11.5 Å². The first-order valence-electron chi connectivity index (χ1n) is 10.5. The summed E-state index contributed by atoms with van der Waals surface area (Å²) in [4.78, 5) is 29.3.